The summed E-state index contributed by atoms with van der Waals surface area (Å²) in [5.41, 5.74) is 7.67. The van der Waals surface area contributed by atoms with Crippen LogP contribution in [0.15, 0.2) is 47.8 Å². The van der Waals surface area contributed by atoms with Crippen molar-refractivity contribution >= 4 is 11.3 Å². The van der Waals surface area contributed by atoms with Crippen molar-refractivity contribution in [3.8, 4) is 0 Å². The van der Waals surface area contributed by atoms with Crippen LogP contribution in [0.3, 0.4) is 0 Å². The molecule has 0 unspecified atom stereocenters. The third-order valence-electron chi connectivity index (χ3n) is 4.38. The summed E-state index contributed by atoms with van der Waals surface area (Å²) < 4.78 is 0. The maximum absolute atomic E-state index is 6.27. The standard InChI is InChI=1S/C18H25N3S/c1-15(19)18(17-8-5-13-22-17)21-11-9-20(10-12-21)14-16-6-3-2-4-7-16/h2-8,13,15,18H,9-12,14,19H2,1H3/t15-,18+/m0/s1. The molecule has 4 heteroatoms. The molecule has 0 saturated carbocycles. The summed E-state index contributed by atoms with van der Waals surface area (Å²) in [5.74, 6) is 0. The van der Waals surface area contributed by atoms with Crippen LogP contribution in [0.1, 0.15) is 23.4 Å². The van der Waals surface area contributed by atoms with Gasteiger partial charge in [0.2, 0.25) is 0 Å². The summed E-state index contributed by atoms with van der Waals surface area (Å²) in [7, 11) is 0. The van der Waals surface area contributed by atoms with Gasteiger partial charge in [0.25, 0.3) is 0 Å². The van der Waals surface area contributed by atoms with Crippen molar-refractivity contribution in [3.63, 3.8) is 0 Å². The van der Waals surface area contributed by atoms with E-state index < -0.39 is 0 Å². The van der Waals surface area contributed by atoms with Gasteiger partial charge in [-0.2, -0.15) is 0 Å². The van der Waals surface area contributed by atoms with E-state index >= 15 is 0 Å². The molecule has 2 N–H and O–H groups in total. The Morgan fingerprint density at radius 2 is 1.77 bits per heavy atom. The van der Waals surface area contributed by atoms with Gasteiger partial charge in [0.1, 0.15) is 0 Å². The molecule has 1 fully saturated rings. The van der Waals surface area contributed by atoms with E-state index in [2.05, 4.69) is 64.6 Å². The first-order chi connectivity index (χ1) is 10.7. The Kier molecular flexibility index (Phi) is 5.26. The topological polar surface area (TPSA) is 32.5 Å². The second-order valence-electron chi connectivity index (χ2n) is 6.12. The van der Waals surface area contributed by atoms with Crippen molar-refractivity contribution in [2.24, 2.45) is 5.73 Å². The minimum Gasteiger partial charge on any atom is -0.326 e. The average Bonchev–Trinajstić information content (AvgIpc) is 3.04. The molecule has 1 aromatic heterocycles. The highest BCUT2D eigenvalue weighted by molar-refractivity contribution is 7.10. The average molecular weight is 315 g/mol. The zero-order valence-electron chi connectivity index (χ0n) is 13.2. The molecule has 1 aliphatic heterocycles. The molecule has 1 aromatic carbocycles. The van der Waals surface area contributed by atoms with E-state index in [0.717, 1.165) is 32.7 Å². The van der Waals surface area contributed by atoms with E-state index in [1.165, 1.54) is 10.4 Å². The van der Waals surface area contributed by atoms with Crippen molar-refractivity contribution in [2.75, 3.05) is 26.2 Å². The second kappa shape index (κ2) is 7.38. The van der Waals surface area contributed by atoms with Crippen LogP contribution in [-0.4, -0.2) is 42.0 Å². The van der Waals surface area contributed by atoms with Gasteiger partial charge in [0.15, 0.2) is 0 Å². The Morgan fingerprint density at radius 3 is 2.36 bits per heavy atom. The van der Waals surface area contributed by atoms with Gasteiger partial charge in [-0.25, -0.2) is 0 Å². The molecule has 0 aliphatic carbocycles. The quantitative estimate of drug-likeness (QED) is 0.921. The molecule has 0 radical (unpaired) electrons. The summed E-state index contributed by atoms with van der Waals surface area (Å²) in [6.07, 6.45) is 0. The summed E-state index contributed by atoms with van der Waals surface area (Å²) in [5, 5.41) is 2.15. The molecule has 3 rings (SSSR count). The van der Waals surface area contributed by atoms with Gasteiger partial charge in [0.05, 0.1) is 6.04 Å². The third kappa shape index (κ3) is 3.76. The maximum Gasteiger partial charge on any atom is 0.0591 e. The van der Waals surface area contributed by atoms with E-state index in [-0.39, 0.29) is 6.04 Å². The van der Waals surface area contributed by atoms with Crippen LogP contribution in [-0.2, 0) is 6.54 Å². The first-order valence-electron chi connectivity index (χ1n) is 8.03. The van der Waals surface area contributed by atoms with Crippen LogP contribution in [0.2, 0.25) is 0 Å². The minimum absolute atomic E-state index is 0.166. The van der Waals surface area contributed by atoms with Gasteiger partial charge >= 0.3 is 0 Å². The first-order valence-corrected chi connectivity index (χ1v) is 8.91. The van der Waals surface area contributed by atoms with E-state index in [9.17, 15) is 0 Å². The monoisotopic (exact) mass is 315 g/mol. The lowest BCUT2D eigenvalue weighted by molar-refractivity contribution is 0.0842. The normalized spacial score (nSPS) is 19.9. The number of nitrogens with two attached hydrogens (primary N) is 1. The molecule has 2 aromatic rings. The van der Waals surface area contributed by atoms with Gasteiger partial charge in [-0.15, -0.1) is 11.3 Å². The molecule has 0 bridgehead atoms. The minimum atomic E-state index is 0.166. The van der Waals surface area contributed by atoms with Gasteiger partial charge in [-0.05, 0) is 23.9 Å². The summed E-state index contributed by atoms with van der Waals surface area (Å²) in [4.78, 5) is 6.49. The van der Waals surface area contributed by atoms with Gasteiger partial charge in [0, 0.05) is 43.6 Å². The lowest BCUT2D eigenvalue weighted by Crippen LogP contribution is -2.50. The Hall–Kier alpha value is -1.20. The summed E-state index contributed by atoms with van der Waals surface area (Å²) in [6, 6.07) is 15.6. The zero-order valence-corrected chi connectivity index (χ0v) is 14.0. The van der Waals surface area contributed by atoms with Crippen LogP contribution in [0, 0.1) is 0 Å². The molecule has 0 spiro atoms. The number of rotatable bonds is 5. The van der Waals surface area contributed by atoms with Gasteiger partial charge in [-0.3, -0.25) is 9.80 Å². The first kappa shape index (κ1) is 15.7. The number of thiophene rings is 1. The number of piperazine rings is 1. The van der Waals surface area contributed by atoms with Crippen molar-refractivity contribution in [1.82, 2.24) is 9.80 Å². The van der Waals surface area contributed by atoms with Crippen LogP contribution in [0.5, 0.6) is 0 Å². The van der Waals surface area contributed by atoms with Crippen molar-refractivity contribution in [3.05, 3.63) is 58.3 Å². The fourth-order valence-electron chi connectivity index (χ4n) is 3.27. The SMILES string of the molecule is C[C@H](N)[C@H](c1cccs1)N1CCN(Cc2ccccc2)CC1. The van der Waals surface area contributed by atoms with Crippen LogP contribution >= 0.6 is 11.3 Å². The Balaban J connectivity index is 1.58. The molecule has 3 nitrogen and oxygen atoms in total. The lowest BCUT2D eigenvalue weighted by atomic mass is 10.1. The smallest absolute Gasteiger partial charge is 0.0591 e. The maximum atomic E-state index is 6.27. The van der Waals surface area contributed by atoms with Crippen molar-refractivity contribution < 1.29 is 0 Å². The molecule has 118 valence electrons. The zero-order chi connectivity index (χ0) is 15.4. The number of nitrogens with zero attached hydrogens (tertiary/aromatic N) is 2. The van der Waals surface area contributed by atoms with Crippen molar-refractivity contribution in [1.29, 1.82) is 0 Å². The summed E-state index contributed by atoms with van der Waals surface area (Å²) in [6.45, 7) is 7.60. The Labute approximate surface area is 137 Å². The third-order valence-corrected chi connectivity index (χ3v) is 5.32. The van der Waals surface area contributed by atoms with Gasteiger partial charge < -0.3 is 5.73 Å². The second-order valence-corrected chi connectivity index (χ2v) is 7.10. The van der Waals surface area contributed by atoms with Crippen LogP contribution in [0.4, 0.5) is 0 Å². The predicted molar refractivity (Wildman–Crippen MR) is 94.0 cm³/mol. The van der Waals surface area contributed by atoms with Crippen LogP contribution in [0.25, 0.3) is 0 Å². The molecule has 1 aliphatic rings. The van der Waals surface area contributed by atoms with Crippen molar-refractivity contribution in [2.45, 2.75) is 25.6 Å². The highest BCUT2D eigenvalue weighted by Gasteiger charge is 2.28. The summed E-state index contributed by atoms with van der Waals surface area (Å²) >= 11 is 1.82. The molecular formula is C18H25N3S. The number of benzene rings is 1. The van der Waals surface area contributed by atoms with E-state index in [0.29, 0.717) is 6.04 Å². The van der Waals surface area contributed by atoms with E-state index in [1.54, 1.807) is 0 Å². The highest BCUT2D eigenvalue weighted by atomic mass is 32.1. The van der Waals surface area contributed by atoms with E-state index in [1.807, 2.05) is 11.3 Å². The number of hydrogen-bond donors (Lipinski definition) is 1. The number of hydrogen-bond acceptors (Lipinski definition) is 4. The molecule has 22 heavy (non-hydrogen) atoms. The largest absolute Gasteiger partial charge is 0.326 e. The molecule has 2 atom stereocenters. The Bertz CT molecular complexity index is 545. The highest BCUT2D eigenvalue weighted by Crippen LogP contribution is 2.28. The molecular weight excluding hydrogens is 290 g/mol. The molecule has 1 saturated heterocycles. The predicted octanol–water partition coefficient (Wildman–Crippen LogP) is 2.95. The Morgan fingerprint density at radius 1 is 1.05 bits per heavy atom. The molecule has 2 heterocycles. The fraction of sp³-hybridized carbons (Fsp3) is 0.444. The lowest BCUT2D eigenvalue weighted by Gasteiger charge is -2.40. The van der Waals surface area contributed by atoms with E-state index in [4.69, 9.17) is 5.73 Å². The fourth-order valence-corrected chi connectivity index (χ4v) is 4.25. The van der Waals surface area contributed by atoms with Gasteiger partial charge in [-0.1, -0.05) is 36.4 Å². The molecule has 0 amide bonds. The van der Waals surface area contributed by atoms with Crippen LogP contribution < -0.4 is 5.73 Å².